The Morgan fingerprint density at radius 3 is 2.39 bits per heavy atom. The number of halogens is 1. The van der Waals surface area contributed by atoms with E-state index in [9.17, 15) is 4.39 Å². The molecule has 0 fully saturated rings. The predicted octanol–water partition coefficient (Wildman–Crippen LogP) is 3.18. The maximum atomic E-state index is 13.4. The molecule has 0 bridgehead atoms. The van der Waals surface area contributed by atoms with Crippen LogP contribution in [-0.4, -0.2) is 29.2 Å². The van der Waals surface area contributed by atoms with Gasteiger partial charge in [-0.25, -0.2) is 9.38 Å². The first kappa shape index (κ1) is 19.0. The molecule has 7 heteroatoms. The second-order valence-corrected chi connectivity index (χ2v) is 6.03. The molecule has 1 aliphatic heterocycles. The monoisotopic (exact) mass is 379 g/mol. The zero-order valence-electron chi connectivity index (χ0n) is 14.8. The van der Waals surface area contributed by atoms with Crippen molar-refractivity contribution in [2.75, 3.05) is 6.61 Å². The van der Waals surface area contributed by atoms with Crippen molar-refractivity contribution in [2.45, 2.75) is 5.54 Å². The van der Waals surface area contributed by atoms with Crippen molar-refractivity contribution in [1.29, 1.82) is 0 Å². The van der Waals surface area contributed by atoms with Gasteiger partial charge in [0.2, 0.25) is 0 Å². The molecule has 1 aromatic heterocycles. The predicted molar refractivity (Wildman–Crippen MR) is 103 cm³/mol. The van der Waals surface area contributed by atoms with Gasteiger partial charge in [-0.3, -0.25) is 9.78 Å². The normalized spacial score (nSPS) is 17.7. The van der Waals surface area contributed by atoms with Crippen molar-refractivity contribution in [2.24, 2.45) is 10.7 Å². The van der Waals surface area contributed by atoms with Crippen LogP contribution in [0.2, 0.25) is 0 Å². The fourth-order valence-corrected chi connectivity index (χ4v) is 3.11. The van der Waals surface area contributed by atoms with Crippen LogP contribution in [0.5, 0.6) is 0 Å². The molecule has 1 atom stereocenters. The molecule has 0 amide bonds. The number of nitrogens with two attached hydrogens (primary N) is 1. The molecule has 142 valence electrons. The zero-order valence-corrected chi connectivity index (χ0v) is 14.8. The highest BCUT2D eigenvalue weighted by Gasteiger charge is 2.40. The van der Waals surface area contributed by atoms with E-state index in [0.29, 0.717) is 0 Å². The average Bonchev–Trinajstić information content (AvgIpc) is 3.13. The van der Waals surface area contributed by atoms with Gasteiger partial charge in [0.15, 0.2) is 5.54 Å². The van der Waals surface area contributed by atoms with Gasteiger partial charge in [0, 0.05) is 12.4 Å². The van der Waals surface area contributed by atoms with Gasteiger partial charge in [-0.2, -0.15) is 0 Å². The van der Waals surface area contributed by atoms with E-state index in [2.05, 4.69) is 9.98 Å². The molecule has 28 heavy (non-hydrogen) atoms. The van der Waals surface area contributed by atoms with Crippen LogP contribution in [-0.2, 0) is 15.1 Å². The van der Waals surface area contributed by atoms with Gasteiger partial charge in [-0.05, 0) is 46.5 Å². The van der Waals surface area contributed by atoms with Gasteiger partial charge in [-0.15, -0.1) is 0 Å². The summed E-state index contributed by atoms with van der Waals surface area (Å²) in [6.07, 6.45) is 3.55. The topological polar surface area (TPSA) is 97.8 Å². The third-order valence-electron chi connectivity index (χ3n) is 4.39. The average molecular weight is 379 g/mol. The van der Waals surface area contributed by atoms with Crippen molar-refractivity contribution >= 4 is 12.5 Å². The first-order valence-electron chi connectivity index (χ1n) is 8.42. The van der Waals surface area contributed by atoms with E-state index in [1.807, 2.05) is 42.6 Å². The Labute approximate surface area is 161 Å². The maximum absolute atomic E-state index is 13.4. The Balaban J connectivity index is 0.000000706. The first-order valence-corrected chi connectivity index (χ1v) is 8.42. The van der Waals surface area contributed by atoms with Crippen LogP contribution in [0.1, 0.15) is 11.1 Å². The molecule has 1 unspecified atom stereocenters. The van der Waals surface area contributed by atoms with E-state index < -0.39 is 5.54 Å². The van der Waals surface area contributed by atoms with Crippen molar-refractivity contribution < 1.29 is 19.0 Å². The lowest BCUT2D eigenvalue weighted by Gasteiger charge is -2.25. The number of amidine groups is 1. The molecule has 2 aromatic carbocycles. The fourth-order valence-electron chi connectivity index (χ4n) is 3.11. The summed E-state index contributed by atoms with van der Waals surface area (Å²) < 4.78 is 18.8. The third-order valence-corrected chi connectivity index (χ3v) is 4.39. The van der Waals surface area contributed by atoms with Crippen LogP contribution in [0.3, 0.4) is 0 Å². The minimum Gasteiger partial charge on any atom is -0.483 e. The van der Waals surface area contributed by atoms with E-state index >= 15 is 0 Å². The largest absolute Gasteiger partial charge is 0.483 e. The minimum atomic E-state index is -0.782. The lowest BCUT2D eigenvalue weighted by Crippen LogP contribution is -2.27. The van der Waals surface area contributed by atoms with Crippen LogP contribution in [0.4, 0.5) is 4.39 Å². The van der Waals surface area contributed by atoms with Crippen molar-refractivity contribution in [3.63, 3.8) is 0 Å². The Morgan fingerprint density at radius 1 is 1.07 bits per heavy atom. The Bertz CT molecular complexity index is 978. The van der Waals surface area contributed by atoms with Gasteiger partial charge >= 0.3 is 0 Å². The summed E-state index contributed by atoms with van der Waals surface area (Å²) in [5, 5.41) is 6.89. The summed E-state index contributed by atoms with van der Waals surface area (Å²) in [4.78, 5) is 17.1. The van der Waals surface area contributed by atoms with E-state index in [-0.39, 0.29) is 24.9 Å². The molecular weight excluding hydrogens is 361 g/mol. The number of aromatic nitrogens is 1. The van der Waals surface area contributed by atoms with Crippen molar-refractivity contribution in [3.05, 3.63) is 90.0 Å². The second-order valence-electron chi connectivity index (χ2n) is 6.03. The number of nitrogens with zero attached hydrogens (tertiary/aromatic N) is 2. The molecule has 0 saturated heterocycles. The molecule has 0 saturated carbocycles. The van der Waals surface area contributed by atoms with Crippen molar-refractivity contribution in [3.8, 4) is 11.1 Å². The van der Waals surface area contributed by atoms with Crippen LogP contribution >= 0.6 is 0 Å². The number of carbonyl (C=O) groups is 1. The van der Waals surface area contributed by atoms with Crippen LogP contribution in [0, 0.1) is 5.82 Å². The number of aliphatic imine (C=N–C) groups is 1. The van der Waals surface area contributed by atoms with Crippen LogP contribution in [0.15, 0.2) is 78.0 Å². The highest BCUT2D eigenvalue weighted by atomic mass is 19.1. The summed E-state index contributed by atoms with van der Waals surface area (Å²) in [5.74, 6) is -0.293. The lowest BCUT2D eigenvalue weighted by molar-refractivity contribution is -0.122. The number of rotatable bonds is 3. The number of ether oxygens (including phenoxy) is 1. The molecule has 4 rings (SSSR count). The molecule has 1 aliphatic rings. The summed E-state index contributed by atoms with van der Waals surface area (Å²) in [6.45, 7) is 0.0287. The molecule has 6 nitrogen and oxygen atoms in total. The standard InChI is InChI=1S/C20H16FN3O.CH2O2/c21-18-8-6-16(7-9-18)20(13-25-19(22)24-20)17-5-1-3-14(11-17)15-4-2-10-23-12-15;2-1-3/h1-12H,13H2,(H2,22,24);1H,(H,2,3). The molecule has 0 spiro atoms. The molecule has 0 aliphatic carbocycles. The van der Waals surface area contributed by atoms with Crippen LogP contribution in [0.25, 0.3) is 11.1 Å². The molecule has 0 radical (unpaired) electrons. The van der Waals surface area contributed by atoms with Gasteiger partial charge in [0.1, 0.15) is 12.4 Å². The van der Waals surface area contributed by atoms with E-state index in [4.69, 9.17) is 20.4 Å². The zero-order chi connectivity index (χ0) is 20.0. The van der Waals surface area contributed by atoms with Gasteiger partial charge in [-0.1, -0.05) is 36.4 Å². The Hall–Kier alpha value is -3.74. The Kier molecular flexibility index (Phi) is 5.64. The highest BCUT2D eigenvalue weighted by Crippen LogP contribution is 2.38. The van der Waals surface area contributed by atoms with Crippen molar-refractivity contribution in [1.82, 2.24) is 4.98 Å². The third kappa shape index (κ3) is 3.83. The van der Waals surface area contributed by atoms with Gasteiger partial charge in [0.25, 0.3) is 12.5 Å². The number of pyridine rings is 1. The van der Waals surface area contributed by atoms with E-state index in [1.54, 1.807) is 18.3 Å². The molecule has 2 heterocycles. The Morgan fingerprint density at radius 2 is 1.79 bits per heavy atom. The SMILES string of the molecule is NC1=NC(c2ccc(F)cc2)(c2cccc(-c3cccnc3)c2)CO1.O=CO. The fraction of sp³-hybridized carbons (Fsp3) is 0.0952. The summed E-state index contributed by atoms with van der Waals surface area (Å²) >= 11 is 0. The van der Waals surface area contributed by atoms with Gasteiger partial charge in [0.05, 0.1) is 0 Å². The quantitative estimate of drug-likeness (QED) is 0.681. The van der Waals surface area contributed by atoms with Crippen LogP contribution < -0.4 is 5.73 Å². The van der Waals surface area contributed by atoms with E-state index in [0.717, 1.165) is 22.3 Å². The lowest BCUT2D eigenvalue weighted by atomic mass is 9.83. The molecular formula is C21H18FN3O3. The van der Waals surface area contributed by atoms with Gasteiger partial charge < -0.3 is 15.6 Å². The number of benzene rings is 2. The summed E-state index contributed by atoms with van der Waals surface area (Å²) in [5.41, 5.74) is 8.82. The maximum Gasteiger partial charge on any atom is 0.290 e. The number of hydrogen-bond acceptors (Lipinski definition) is 5. The number of carboxylic acid groups (broad SMARTS) is 1. The highest BCUT2D eigenvalue weighted by molar-refractivity contribution is 5.75. The minimum absolute atomic E-state index is 0.135. The molecule has 3 N–H and O–H groups in total. The molecule has 3 aromatic rings. The second kappa shape index (κ2) is 8.30. The number of hydrogen-bond donors (Lipinski definition) is 2. The summed E-state index contributed by atoms with van der Waals surface area (Å²) in [7, 11) is 0. The summed E-state index contributed by atoms with van der Waals surface area (Å²) in [6, 6.07) is 18.3. The van der Waals surface area contributed by atoms with E-state index in [1.165, 1.54) is 12.1 Å². The smallest absolute Gasteiger partial charge is 0.290 e. The first-order chi connectivity index (χ1) is 13.6.